The fourth-order valence-electron chi connectivity index (χ4n) is 2.34. The Morgan fingerprint density at radius 1 is 1.35 bits per heavy atom. The molecule has 1 aliphatic carbocycles. The number of aromatic nitrogens is 2. The monoisotopic (exact) mass is 227 g/mol. The minimum absolute atomic E-state index is 0.0521. The summed E-state index contributed by atoms with van der Waals surface area (Å²) >= 11 is 0. The zero-order chi connectivity index (χ0) is 11.8. The number of hydrogen-bond acceptors (Lipinski definition) is 3. The third kappa shape index (κ3) is 1.53. The van der Waals surface area contributed by atoms with Crippen molar-refractivity contribution in [2.24, 2.45) is 0 Å². The molecule has 0 aliphatic heterocycles. The van der Waals surface area contributed by atoms with Gasteiger partial charge in [-0.2, -0.15) is 0 Å². The first-order valence-corrected chi connectivity index (χ1v) is 5.67. The molecule has 0 spiro atoms. The maximum Gasteiger partial charge on any atom is 0.271 e. The van der Waals surface area contributed by atoms with Gasteiger partial charge in [-0.1, -0.05) is 0 Å². The number of aryl methyl sites for hydroxylation is 2. The lowest BCUT2D eigenvalue weighted by Crippen LogP contribution is -2.17. The molecule has 0 amide bonds. The van der Waals surface area contributed by atoms with E-state index in [2.05, 4.69) is 15.3 Å². The molecule has 2 heterocycles. The van der Waals surface area contributed by atoms with Gasteiger partial charge in [-0.3, -0.25) is 9.78 Å². The highest BCUT2D eigenvalue weighted by Gasteiger charge is 2.17. The molecular weight excluding hydrogens is 214 g/mol. The van der Waals surface area contributed by atoms with E-state index in [1.165, 1.54) is 11.1 Å². The largest absolute Gasteiger partial charge is 0.384 e. The number of fused-ring (bicyclic) bond motifs is 3. The summed E-state index contributed by atoms with van der Waals surface area (Å²) in [7, 11) is 1.76. The minimum atomic E-state index is -0.0521. The first-order valence-electron chi connectivity index (χ1n) is 5.67. The molecule has 0 unspecified atom stereocenters. The van der Waals surface area contributed by atoms with E-state index in [0.29, 0.717) is 5.69 Å². The van der Waals surface area contributed by atoms with Gasteiger partial charge in [0.2, 0.25) is 0 Å². The fourth-order valence-corrected chi connectivity index (χ4v) is 2.34. The third-order valence-electron chi connectivity index (χ3n) is 3.23. The Bertz CT molecular complexity index is 631. The summed E-state index contributed by atoms with van der Waals surface area (Å²) in [4.78, 5) is 18.8. The third-order valence-corrected chi connectivity index (χ3v) is 3.23. The Morgan fingerprint density at radius 2 is 2.24 bits per heavy atom. The Morgan fingerprint density at radius 3 is 3.06 bits per heavy atom. The number of nitrogens with zero attached hydrogens (tertiary/aromatic N) is 1. The van der Waals surface area contributed by atoms with Crippen LogP contribution in [0.1, 0.15) is 11.3 Å². The van der Waals surface area contributed by atoms with Crippen molar-refractivity contribution in [1.82, 2.24) is 9.97 Å². The lowest BCUT2D eigenvalue weighted by molar-refractivity contribution is 0.881. The molecule has 0 atom stereocenters. The molecule has 2 aromatic rings. The molecule has 1 aliphatic rings. The maximum atomic E-state index is 11.7. The first-order chi connectivity index (χ1) is 8.29. The molecule has 86 valence electrons. The van der Waals surface area contributed by atoms with Crippen LogP contribution in [-0.2, 0) is 12.8 Å². The van der Waals surface area contributed by atoms with Gasteiger partial charge in [0.05, 0.1) is 0 Å². The molecule has 2 N–H and O–H groups in total. The number of pyridine rings is 2. The van der Waals surface area contributed by atoms with Crippen molar-refractivity contribution in [3.63, 3.8) is 0 Å². The minimum Gasteiger partial charge on any atom is -0.384 e. The van der Waals surface area contributed by atoms with E-state index >= 15 is 0 Å². The molecule has 17 heavy (non-hydrogen) atoms. The average Bonchev–Trinajstić information content (AvgIpc) is 2.37. The fraction of sp³-hybridized carbons (Fsp3) is 0.231. The summed E-state index contributed by atoms with van der Waals surface area (Å²) in [6.07, 6.45) is 5.50. The van der Waals surface area contributed by atoms with Gasteiger partial charge in [-0.05, 0) is 36.1 Å². The van der Waals surface area contributed by atoms with Gasteiger partial charge < -0.3 is 10.3 Å². The molecule has 0 saturated heterocycles. The zero-order valence-corrected chi connectivity index (χ0v) is 9.58. The van der Waals surface area contributed by atoms with Crippen LogP contribution >= 0.6 is 0 Å². The van der Waals surface area contributed by atoms with Crippen molar-refractivity contribution < 1.29 is 0 Å². The lowest BCUT2D eigenvalue weighted by atomic mass is 9.90. The first kappa shape index (κ1) is 10.1. The van der Waals surface area contributed by atoms with E-state index in [1.807, 2.05) is 18.3 Å². The zero-order valence-electron chi connectivity index (χ0n) is 9.58. The van der Waals surface area contributed by atoms with E-state index in [1.54, 1.807) is 13.2 Å². The Kier molecular flexibility index (Phi) is 2.21. The Labute approximate surface area is 98.7 Å². The molecule has 3 rings (SSSR count). The van der Waals surface area contributed by atoms with Crippen LogP contribution in [0.5, 0.6) is 0 Å². The molecule has 0 saturated carbocycles. The van der Waals surface area contributed by atoms with Crippen molar-refractivity contribution in [3.05, 3.63) is 46.1 Å². The van der Waals surface area contributed by atoms with Gasteiger partial charge in [0.15, 0.2) is 0 Å². The summed E-state index contributed by atoms with van der Waals surface area (Å²) in [5, 5.41) is 2.92. The van der Waals surface area contributed by atoms with Crippen molar-refractivity contribution >= 4 is 5.69 Å². The van der Waals surface area contributed by atoms with Crippen LogP contribution in [-0.4, -0.2) is 17.0 Å². The Hall–Kier alpha value is -2.10. The highest BCUT2D eigenvalue weighted by molar-refractivity contribution is 5.74. The predicted octanol–water partition coefficient (Wildman–Crippen LogP) is 1.58. The van der Waals surface area contributed by atoms with Crippen LogP contribution in [0.2, 0.25) is 0 Å². The smallest absolute Gasteiger partial charge is 0.271 e. The summed E-state index contributed by atoms with van der Waals surface area (Å²) in [5.41, 5.74) is 5.10. The molecule has 2 aromatic heterocycles. The van der Waals surface area contributed by atoms with Gasteiger partial charge >= 0.3 is 0 Å². The van der Waals surface area contributed by atoms with Crippen LogP contribution in [0.15, 0.2) is 29.3 Å². The highest BCUT2D eigenvalue weighted by Crippen LogP contribution is 2.31. The maximum absolute atomic E-state index is 11.7. The Balaban J connectivity index is 2.28. The number of anilines is 1. The highest BCUT2D eigenvalue weighted by atomic mass is 16.1. The lowest BCUT2D eigenvalue weighted by Gasteiger charge is -2.19. The van der Waals surface area contributed by atoms with Gasteiger partial charge in [-0.15, -0.1) is 0 Å². The number of rotatable bonds is 1. The molecule has 0 fully saturated rings. The normalized spacial score (nSPS) is 12.8. The standard InChI is InChI=1S/C13H13N3O/c1-14-12-6-10-9-4-5-15-7-8(9)2-3-11(10)16-13(12)17/h4-7,14H,2-3H2,1H3,(H,16,17). The van der Waals surface area contributed by atoms with Crippen molar-refractivity contribution in [1.29, 1.82) is 0 Å². The summed E-state index contributed by atoms with van der Waals surface area (Å²) < 4.78 is 0. The number of nitrogens with one attached hydrogen (secondary N) is 2. The summed E-state index contributed by atoms with van der Waals surface area (Å²) in [6.45, 7) is 0. The van der Waals surface area contributed by atoms with Crippen LogP contribution < -0.4 is 10.9 Å². The molecule has 4 nitrogen and oxygen atoms in total. The molecule has 0 radical (unpaired) electrons. The molecule has 0 aromatic carbocycles. The number of aromatic amines is 1. The number of H-pyrrole nitrogens is 1. The van der Waals surface area contributed by atoms with Gasteiger partial charge in [0.1, 0.15) is 5.69 Å². The second-order valence-electron chi connectivity index (χ2n) is 4.19. The van der Waals surface area contributed by atoms with Gasteiger partial charge in [0.25, 0.3) is 5.56 Å². The van der Waals surface area contributed by atoms with Crippen LogP contribution in [0.3, 0.4) is 0 Å². The van der Waals surface area contributed by atoms with Gasteiger partial charge in [0, 0.05) is 30.7 Å². The van der Waals surface area contributed by atoms with Crippen molar-refractivity contribution in [3.8, 4) is 11.1 Å². The number of hydrogen-bond donors (Lipinski definition) is 2. The predicted molar refractivity (Wildman–Crippen MR) is 67.2 cm³/mol. The molecule has 0 bridgehead atoms. The topological polar surface area (TPSA) is 57.8 Å². The second-order valence-corrected chi connectivity index (χ2v) is 4.19. The van der Waals surface area contributed by atoms with Crippen molar-refractivity contribution in [2.75, 3.05) is 12.4 Å². The van der Waals surface area contributed by atoms with E-state index < -0.39 is 0 Å². The van der Waals surface area contributed by atoms with Gasteiger partial charge in [-0.25, -0.2) is 0 Å². The molecular formula is C13H13N3O. The van der Waals surface area contributed by atoms with Crippen LogP contribution in [0.4, 0.5) is 5.69 Å². The van der Waals surface area contributed by atoms with E-state index in [4.69, 9.17) is 0 Å². The van der Waals surface area contributed by atoms with E-state index in [0.717, 1.165) is 24.1 Å². The van der Waals surface area contributed by atoms with Crippen molar-refractivity contribution in [2.45, 2.75) is 12.8 Å². The quantitative estimate of drug-likeness (QED) is 0.777. The summed E-state index contributed by atoms with van der Waals surface area (Å²) in [5.74, 6) is 0. The SMILES string of the molecule is CNc1cc2c([nH]c1=O)CCc1cnccc1-2. The van der Waals surface area contributed by atoms with E-state index in [-0.39, 0.29) is 5.56 Å². The summed E-state index contributed by atoms with van der Waals surface area (Å²) in [6, 6.07) is 3.93. The second kappa shape index (κ2) is 3.73. The van der Waals surface area contributed by atoms with Crippen LogP contribution in [0, 0.1) is 0 Å². The average molecular weight is 227 g/mol. The van der Waals surface area contributed by atoms with Crippen LogP contribution in [0.25, 0.3) is 11.1 Å². The molecule has 4 heteroatoms. The van der Waals surface area contributed by atoms with E-state index in [9.17, 15) is 4.79 Å².